The minimum Gasteiger partial charge on any atom is -0.486 e. The standard InChI is InChI=1S/C29H29N3O/c1-21(23-10-6-5-7-11-23)33-25-15-13-24(14-16-25)32-28-26-19-22(9-8-18-29(2,3)4)12-17-27(26)30-20-31-28/h5-7,10-17,19-21H,18H2,1-4H3,(H,30,31,32). The van der Waals surface area contributed by atoms with Gasteiger partial charge >= 0.3 is 0 Å². The highest BCUT2D eigenvalue weighted by molar-refractivity contribution is 5.91. The Morgan fingerprint density at radius 3 is 2.42 bits per heavy atom. The molecule has 1 unspecified atom stereocenters. The second-order valence-corrected chi connectivity index (χ2v) is 9.31. The van der Waals surface area contributed by atoms with Crippen LogP contribution in [0.3, 0.4) is 0 Å². The topological polar surface area (TPSA) is 47.0 Å². The van der Waals surface area contributed by atoms with Gasteiger partial charge < -0.3 is 10.1 Å². The molecule has 1 aromatic heterocycles. The second-order valence-electron chi connectivity index (χ2n) is 9.31. The van der Waals surface area contributed by atoms with Gasteiger partial charge in [0.2, 0.25) is 0 Å². The summed E-state index contributed by atoms with van der Waals surface area (Å²) in [6.07, 6.45) is 2.40. The van der Waals surface area contributed by atoms with Gasteiger partial charge in [-0.25, -0.2) is 9.97 Å². The second kappa shape index (κ2) is 9.75. The van der Waals surface area contributed by atoms with Gasteiger partial charge in [0.05, 0.1) is 5.52 Å². The van der Waals surface area contributed by atoms with Gasteiger partial charge in [0, 0.05) is 23.1 Å². The average molecular weight is 436 g/mol. The Morgan fingerprint density at radius 2 is 1.70 bits per heavy atom. The molecule has 4 heteroatoms. The van der Waals surface area contributed by atoms with Crippen molar-refractivity contribution < 1.29 is 4.74 Å². The van der Waals surface area contributed by atoms with E-state index >= 15 is 0 Å². The van der Waals surface area contributed by atoms with Crippen LogP contribution in [0, 0.1) is 17.3 Å². The van der Waals surface area contributed by atoms with E-state index in [2.05, 4.69) is 67.0 Å². The lowest BCUT2D eigenvalue weighted by atomic mass is 9.93. The fourth-order valence-electron chi connectivity index (χ4n) is 3.40. The Labute approximate surface area is 196 Å². The molecule has 166 valence electrons. The fraction of sp³-hybridized carbons (Fsp3) is 0.241. The van der Waals surface area contributed by atoms with Crippen molar-refractivity contribution in [3.8, 4) is 17.6 Å². The molecule has 0 aliphatic heterocycles. The molecule has 1 N–H and O–H groups in total. The first-order valence-corrected chi connectivity index (χ1v) is 11.2. The van der Waals surface area contributed by atoms with Gasteiger partial charge in [0.1, 0.15) is 24.0 Å². The number of fused-ring (bicyclic) bond motifs is 1. The van der Waals surface area contributed by atoms with E-state index in [0.29, 0.717) is 0 Å². The lowest BCUT2D eigenvalue weighted by Crippen LogP contribution is -2.03. The highest BCUT2D eigenvalue weighted by Crippen LogP contribution is 2.27. The molecule has 4 aromatic rings. The summed E-state index contributed by atoms with van der Waals surface area (Å²) in [5.74, 6) is 8.13. The summed E-state index contributed by atoms with van der Waals surface area (Å²) in [4.78, 5) is 8.87. The van der Waals surface area contributed by atoms with E-state index in [1.54, 1.807) is 6.33 Å². The highest BCUT2D eigenvalue weighted by atomic mass is 16.5. The van der Waals surface area contributed by atoms with Crippen molar-refractivity contribution in [3.05, 3.63) is 90.3 Å². The number of ether oxygens (including phenoxy) is 1. The van der Waals surface area contributed by atoms with Crippen LogP contribution in [-0.4, -0.2) is 9.97 Å². The van der Waals surface area contributed by atoms with E-state index < -0.39 is 0 Å². The van der Waals surface area contributed by atoms with Crippen LogP contribution >= 0.6 is 0 Å². The molecule has 4 rings (SSSR count). The van der Waals surface area contributed by atoms with Gasteiger partial charge in [-0.05, 0) is 60.4 Å². The molecule has 0 bridgehead atoms. The molecule has 0 spiro atoms. The van der Waals surface area contributed by atoms with Crippen LogP contribution in [0.25, 0.3) is 10.9 Å². The van der Waals surface area contributed by atoms with Crippen LogP contribution in [0.5, 0.6) is 5.75 Å². The van der Waals surface area contributed by atoms with E-state index in [4.69, 9.17) is 4.74 Å². The van der Waals surface area contributed by atoms with Crippen LogP contribution in [-0.2, 0) is 0 Å². The first-order chi connectivity index (χ1) is 15.9. The zero-order valence-corrected chi connectivity index (χ0v) is 19.6. The first-order valence-electron chi connectivity index (χ1n) is 11.2. The lowest BCUT2D eigenvalue weighted by Gasteiger charge is -2.15. The van der Waals surface area contributed by atoms with E-state index in [0.717, 1.165) is 45.7 Å². The average Bonchev–Trinajstić information content (AvgIpc) is 2.80. The van der Waals surface area contributed by atoms with Crippen LogP contribution in [0.2, 0.25) is 0 Å². The monoisotopic (exact) mass is 435 g/mol. The van der Waals surface area contributed by atoms with Crippen molar-refractivity contribution in [1.82, 2.24) is 9.97 Å². The Balaban J connectivity index is 1.50. The normalized spacial score (nSPS) is 12.0. The van der Waals surface area contributed by atoms with Crippen LogP contribution in [0.4, 0.5) is 11.5 Å². The van der Waals surface area contributed by atoms with E-state index in [9.17, 15) is 0 Å². The fourth-order valence-corrected chi connectivity index (χ4v) is 3.40. The molecule has 1 heterocycles. The predicted molar refractivity (Wildman–Crippen MR) is 136 cm³/mol. The van der Waals surface area contributed by atoms with Crippen molar-refractivity contribution in [2.75, 3.05) is 5.32 Å². The summed E-state index contributed by atoms with van der Waals surface area (Å²) in [5, 5.41) is 4.35. The molecule has 0 aliphatic carbocycles. The summed E-state index contributed by atoms with van der Waals surface area (Å²) in [5.41, 5.74) is 4.11. The number of hydrogen-bond donors (Lipinski definition) is 1. The van der Waals surface area contributed by atoms with Crippen LogP contribution in [0.15, 0.2) is 79.1 Å². The predicted octanol–water partition coefficient (Wildman–Crippen LogP) is 7.30. The van der Waals surface area contributed by atoms with Gasteiger partial charge in [0.15, 0.2) is 0 Å². The number of hydrogen-bond acceptors (Lipinski definition) is 4. The smallest absolute Gasteiger partial charge is 0.141 e. The molecular formula is C29H29N3O. The molecule has 1 atom stereocenters. The molecule has 0 saturated heterocycles. The Bertz CT molecular complexity index is 1280. The third-order valence-corrected chi connectivity index (χ3v) is 5.19. The van der Waals surface area contributed by atoms with E-state index in [1.807, 2.05) is 60.7 Å². The number of benzene rings is 3. The van der Waals surface area contributed by atoms with Gasteiger partial charge in [-0.3, -0.25) is 0 Å². The van der Waals surface area contributed by atoms with Gasteiger partial charge in [-0.15, -0.1) is 0 Å². The van der Waals surface area contributed by atoms with Gasteiger partial charge in [-0.2, -0.15) is 0 Å². The summed E-state index contributed by atoms with van der Waals surface area (Å²) >= 11 is 0. The minimum atomic E-state index is -0.0198. The Kier molecular flexibility index (Phi) is 6.60. The van der Waals surface area contributed by atoms with E-state index in [1.165, 1.54) is 0 Å². The minimum absolute atomic E-state index is 0.0198. The molecule has 0 fully saturated rings. The van der Waals surface area contributed by atoms with Crippen molar-refractivity contribution >= 4 is 22.4 Å². The molecule has 0 saturated carbocycles. The third kappa shape index (κ3) is 6.11. The molecular weight excluding hydrogens is 406 g/mol. The van der Waals surface area contributed by atoms with Gasteiger partial charge in [-0.1, -0.05) is 62.9 Å². The van der Waals surface area contributed by atoms with Gasteiger partial charge in [0.25, 0.3) is 0 Å². The van der Waals surface area contributed by atoms with Crippen molar-refractivity contribution in [2.24, 2.45) is 5.41 Å². The first kappa shape index (κ1) is 22.4. The SMILES string of the molecule is CC(Oc1ccc(Nc2ncnc3ccc(C#CCC(C)(C)C)cc23)cc1)c1ccccc1. The largest absolute Gasteiger partial charge is 0.486 e. The summed E-state index contributed by atoms with van der Waals surface area (Å²) in [7, 11) is 0. The molecule has 0 radical (unpaired) electrons. The number of aromatic nitrogens is 2. The highest BCUT2D eigenvalue weighted by Gasteiger charge is 2.09. The maximum atomic E-state index is 6.08. The third-order valence-electron chi connectivity index (χ3n) is 5.19. The number of rotatable bonds is 5. The number of nitrogens with one attached hydrogen (secondary N) is 1. The number of anilines is 2. The summed E-state index contributed by atoms with van der Waals surface area (Å²) < 4.78 is 6.08. The number of nitrogens with zero attached hydrogens (tertiary/aromatic N) is 2. The van der Waals surface area contributed by atoms with Crippen molar-refractivity contribution in [1.29, 1.82) is 0 Å². The lowest BCUT2D eigenvalue weighted by molar-refractivity contribution is 0.227. The maximum Gasteiger partial charge on any atom is 0.141 e. The Hall–Kier alpha value is -3.84. The van der Waals surface area contributed by atoms with Crippen LogP contribution in [0.1, 0.15) is 51.3 Å². The molecule has 33 heavy (non-hydrogen) atoms. The van der Waals surface area contributed by atoms with E-state index in [-0.39, 0.29) is 11.5 Å². The van der Waals surface area contributed by atoms with Crippen molar-refractivity contribution in [2.45, 2.75) is 40.2 Å². The van der Waals surface area contributed by atoms with Crippen molar-refractivity contribution in [3.63, 3.8) is 0 Å². The Morgan fingerprint density at radius 1 is 0.939 bits per heavy atom. The maximum absolute atomic E-state index is 6.08. The van der Waals surface area contributed by atoms with Crippen LogP contribution < -0.4 is 10.1 Å². The quantitative estimate of drug-likeness (QED) is 0.334. The molecule has 0 amide bonds. The molecule has 3 aromatic carbocycles. The molecule has 0 aliphatic rings. The zero-order valence-electron chi connectivity index (χ0n) is 19.6. The summed E-state index contributed by atoms with van der Waals surface area (Å²) in [6, 6.07) is 24.2. The zero-order chi connectivity index (χ0) is 23.3. The summed E-state index contributed by atoms with van der Waals surface area (Å²) in [6.45, 7) is 8.63. The molecule has 4 nitrogen and oxygen atoms in total.